The number of hydrogen-bond acceptors (Lipinski definition) is 8. The number of pyridine rings is 1. The lowest BCUT2D eigenvalue weighted by Gasteiger charge is -2.34. The van der Waals surface area contributed by atoms with E-state index in [2.05, 4.69) is 14.6 Å². The molecule has 1 fully saturated rings. The second-order valence-corrected chi connectivity index (χ2v) is 10.7. The maximum absolute atomic E-state index is 13.1. The van der Waals surface area contributed by atoms with Gasteiger partial charge in [-0.3, -0.25) is 14.6 Å². The molecule has 1 aliphatic rings. The second-order valence-electron chi connectivity index (χ2n) is 8.16. The molecular formula is C24H21N5O4S2. The van der Waals surface area contributed by atoms with Crippen LogP contribution in [0.5, 0.6) is 0 Å². The highest BCUT2D eigenvalue weighted by Gasteiger charge is 2.27. The number of carbonyl (C=O) groups excluding carboxylic acids is 2. The third-order valence-electron chi connectivity index (χ3n) is 5.92. The third kappa shape index (κ3) is 4.77. The standard InChI is InChI=1S/C24H21N5O4S2/c30-23(28-11-13-29(14-12-28)24(31)20-15-34-27-26-20)19-8-6-17(7-9-19)16-35(32,33)21-5-1-3-18-4-2-10-25-22(18)21/h1-10,15H,11-14,16H2. The highest BCUT2D eigenvalue weighted by atomic mass is 32.2. The zero-order chi connectivity index (χ0) is 24.4. The molecule has 0 saturated carbocycles. The van der Waals surface area contributed by atoms with Crippen LogP contribution >= 0.6 is 11.5 Å². The molecule has 1 aliphatic heterocycles. The average molecular weight is 508 g/mol. The molecule has 2 aromatic heterocycles. The number of sulfone groups is 1. The van der Waals surface area contributed by atoms with Crippen molar-refractivity contribution in [2.24, 2.45) is 0 Å². The Bertz CT molecular complexity index is 1470. The van der Waals surface area contributed by atoms with Crippen molar-refractivity contribution in [3.8, 4) is 0 Å². The van der Waals surface area contributed by atoms with Gasteiger partial charge in [-0.1, -0.05) is 34.8 Å². The first-order chi connectivity index (χ1) is 16.9. The summed E-state index contributed by atoms with van der Waals surface area (Å²) in [6, 6.07) is 15.3. The minimum Gasteiger partial charge on any atom is -0.335 e. The number of amides is 2. The average Bonchev–Trinajstić information content (AvgIpc) is 3.43. The molecule has 0 spiro atoms. The van der Waals surface area contributed by atoms with Gasteiger partial charge < -0.3 is 9.80 Å². The quantitative estimate of drug-likeness (QED) is 0.408. The molecule has 0 aliphatic carbocycles. The van der Waals surface area contributed by atoms with Crippen LogP contribution in [0.15, 0.2) is 71.1 Å². The Hall–Kier alpha value is -3.70. The monoisotopic (exact) mass is 507 g/mol. The number of fused-ring (bicyclic) bond motifs is 1. The molecule has 0 N–H and O–H groups in total. The molecule has 5 rings (SSSR count). The maximum Gasteiger partial charge on any atom is 0.275 e. The lowest BCUT2D eigenvalue weighted by atomic mass is 10.1. The number of benzene rings is 2. The van der Waals surface area contributed by atoms with E-state index < -0.39 is 9.84 Å². The smallest absolute Gasteiger partial charge is 0.275 e. The predicted molar refractivity (Wildman–Crippen MR) is 131 cm³/mol. The van der Waals surface area contributed by atoms with Crippen LogP contribution in [-0.4, -0.2) is 70.8 Å². The lowest BCUT2D eigenvalue weighted by Crippen LogP contribution is -2.50. The Morgan fingerprint density at radius 3 is 2.26 bits per heavy atom. The highest BCUT2D eigenvalue weighted by Crippen LogP contribution is 2.24. The van der Waals surface area contributed by atoms with Crippen molar-refractivity contribution in [1.82, 2.24) is 24.4 Å². The Labute approximate surface area is 206 Å². The first-order valence-corrected chi connectivity index (χ1v) is 13.4. The van der Waals surface area contributed by atoms with Crippen molar-refractivity contribution < 1.29 is 18.0 Å². The molecule has 9 nitrogen and oxygen atoms in total. The Kier molecular flexibility index (Phi) is 6.27. The molecular weight excluding hydrogens is 486 g/mol. The van der Waals surface area contributed by atoms with E-state index in [9.17, 15) is 18.0 Å². The normalized spacial score (nSPS) is 14.3. The number of rotatable bonds is 5. The van der Waals surface area contributed by atoms with Crippen molar-refractivity contribution in [3.05, 3.63) is 83.0 Å². The molecule has 0 unspecified atom stereocenters. The number of hydrogen-bond donors (Lipinski definition) is 0. The number of aromatic nitrogens is 3. The van der Waals surface area contributed by atoms with Gasteiger partial charge in [0.25, 0.3) is 11.8 Å². The predicted octanol–water partition coefficient (Wildman–Crippen LogP) is 2.66. The summed E-state index contributed by atoms with van der Waals surface area (Å²) in [5.41, 5.74) is 1.83. The summed E-state index contributed by atoms with van der Waals surface area (Å²) < 4.78 is 29.9. The summed E-state index contributed by atoms with van der Waals surface area (Å²) in [5.74, 6) is -0.526. The summed E-state index contributed by atoms with van der Waals surface area (Å²) >= 11 is 1.12. The Morgan fingerprint density at radius 2 is 1.57 bits per heavy atom. The summed E-state index contributed by atoms with van der Waals surface area (Å²) in [4.78, 5) is 33.1. The van der Waals surface area contributed by atoms with E-state index in [1.165, 1.54) is 0 Å². The molecule has 2 amide bonds. The van der Waals surface area contributed by atoms with E-state index in [4.69, 9.17) is 0 Å². The van der Waals surface area contributed by atoms with Crippen LogP contribution in [0.25, 0.3) is 10.9 Å². The molecule has 2 aromatic carbocycles. The zero-order valence-corrected chi connectivity index (χ0v) is 20.2. The van der Waals surface area contributed by atoms with Crippen molar-refractivity contribution >= 4 is 44.1 Å². The largest absolute Gasteiger partial charge is 0.335 e. The van der Waals surface area contributed by atoms with Crippen LogP contribution in [0.1, 0.15) is 26.4 Å². The molecule has 178 valence electrons. The Morgan fingerprint density at radius 1 is 0.886 bits per heavy atom. The van der Waals surface area contributed by atoms with E-state index in [-0.39, 0.29) is 22.5 Å². The van der Waals surface area contributed by atoms with E-state index >= 15 is 0 Å². The van der Waals surface area contributed by atoms with Crippen LogP contribution in [0.2, 0.25) is 0 Å². The fourth-order valence-corrected chi connectivity index (χ4v) is 6.05. The lowest BCUT2D eigenvalue weighted by molar-refractivity contribution is 0.0532. The van der Waals surface area contributed by atoms with Gasteiger partial charge in [-0.05, 0) is 41.4 Å². The van der Waals surface area contributed by atoms with Gasteiger partial charge in [0.2, 0.25) is 0 Å². The van der Waals surface area contributed by atoms with Crippen LogP contribution in [-0.2, 0) is 15.6 Å². The van der Waals surface area contributed by atoms with Crippen LogP contribution < -0.4 is 0 Å². The van der Waals surface area contributed by atoms with Gasteiger partial charge >= 0.3 is 0 Å². The molecule has 1 saturated heterocycles. The van der Waals surface area contributed by atoms with Crippen molar-refractivity contribution in [2.75, 3.05) is 26.2 Å². The Balaban J connectivity index is 1.24. The van der Waals surface area contributed by atoms with Gasteiger partial charge in [0.15, 0.2) is 15.5 Å². The van der Waals surface area contributed by atoms with E-state index in [0.717, 1.165) is 16.9 Å². The molecule has 35 heavy (non-hydrogen) atoms. The number of para-hydroxylation sites is 1. The molecule has 4 aromatic rings. The third-order valence-corrected chi connectivity index (χ3v) is 8.14. The fraction of sp³-hybridized carbons (Fsp3) is 0.208. The first kappa shape index (κ1) is 23.1. The maximum atomic E-state index is 13.1. The van der Waals surface area contributed by atoms with E-state index in [1.807, 2.05) is 12.1 Å². The zero-order valence-electron chi connectivity index (χ0n) is 18.6. The van der Waals surface area contributed by atoms with E-state index in [1.54, 1.807) is 63.8 Å². The van der Waals surface area contributed by atoms with Crippen molar-refractivity contribution in [3.63, 3.8) is 0 Å². The van der Waals surface area contributed by atoms with Gasteiger partial charge in [-0.25, -0.2) is 8.42 Å². The molecule has 3 heterocycles. The number of piperazine rings is 1. The molecule has 0 bridgehead atoms. The molecule has 0 atom stereocenters. The fourth-order valence-electron chi connectivity index (χ4n) is 4.08. The van der Waals surface area contributed by atoms with Crippen LogP contribution in [0.4, 0.5) is 0 Å². The van der Waals surface area contributed by atoms with E-state index in [0.29, 0.717) is 48.5 Å². The minimum absolute atomic E-state index is 0.153. The van der Waals surface area contributed by atoms with Crippen molar-refractivity contribution in [2.45, 2.75) is 10.6 Å². The summed E-state index contributed by atoms with van der Waals surface area (Å²) in [5, 5.41) is 6.18. The summed E-state index contributed by atoms with van der Waals surface area (Å²) in [6.45, 7) is 1.65. The van der Waals surface area contributed by atoms with Gasteiger partial charge in [-0.15, -0.1) is 5.10 Å². The van der Waals surface area contributed by atoms with Crippen LogP contribution in [0, 0.1) is 0 Å². The topological polar surface area (TPSA) is 113 Å². The van der Waals surface area contributed by atoms with Gasteiger partial charge in [0.05, 0.1) is 16.2 Å². The van der Waals surface area contributed by atoms with Gasteiger partial charge in [0.1, 0.15) is 0 Å². The number of carbonyl (C=O) groups is 2. The summed E-state index contributed by atoms with van der Waals surface area (Å²) in [6.07, 6.45) is 1.58. The number of nitrogens with zero attached hydrogens (tertiary/aromatic N) is 5. The summed E-state index contributed by atoms with van der Waals surface area (Å²) in [7, 11) is -3.63. The van der Waals surface area contributed by atoms with Crippen LogP contribution in [0.3, 0.4) is 0 Å². The first-order valence-electron chi connectivity index (χ1n) is 10.9. The highest BCUT2D eigenvalue weighted by molar-refractivity contribution is 7.90. The second kappa shape index (κ2) is 9.51. The SMILES string of the molecule is O=C(c1ccc(CS(=O)(=O)c2cccc3cccnc23)cc1)N1CCN(C(=O)c2csnn2)CC1. The van der Waals surface area contributed by atoms with Gasteiger partial charge in [-0.2, -0.15) is 0 Å². The molecule has 11 heteroatoms. The molecule has 0 radical (unpaired) electrons. The van der Waals surface area contributed by atoms with Gasteiger partial charge in [0, 0.05) is 48.7 Å². The van der Waals surface area contributed by atoms with Crippen molar-refractivity contribution in [1.29, 1.82) is 0 Å². The minimum atomic E-state index is -3.63.